The number of carbonyl (C=O) groups excluding carboxylic acids is 1. The number of carboxylic acid groups (broad SMARTS) is 1. The maximum Gasteiger partial charge on any atom is 0.417 e. The monoisotopic (exact) mass is 506 g/mol. The smallest absolute Gasteiger partial charge is 0.417 e. The first-order valence-corrected chi connectivity index (χ1v) is 10.9. The summed E-state index contributed by atoms with van der Waals surface area (Å²) >= 11 is 1.82. The van der Waals surface area contributed by atoms with E-state index in [0.717, 1.165) is 23.1 Å². The molecule has 4 rings (SSSR count). The van der Waals surface area contributed by atoms with E-state index in [1.165, 1.54) is 4.90 Å². The summed E-state index contributed by atoms with van der Waals surface area (Å²) in [7, 11) is 0. The van der Waals surface area contributed by atoms with Gasteiger partial charge >= 0.3 is 18.3 Å². The lowest BCUT2D eigenvalue weighted by atomic mass is 10.1. The van der Waals surface area contributed by atoms with E-state index in [1.54, 1.807) is 24.3 Å². The van der Waals surface area contributed by atoms with Crippen molar-refractivity contribution in [3.05, 3.63) is 52.5 Å². The quantitative estimate of drug-likeness (QED) is 0.452. The first-order valence-electron chi connectivity index (χ1n) is 9.21. The number of benzene rings is 2. The van der Waals surface area contributed by atoms with Gasteiger partial charge in [0.2, 0.25) is 5.91 Å². The van der Waals surface area contributed by atoms with Crippen molar-refractivity contribution < 1.29 is 41.0 Å². The Kier molecular flexibility index (Phi) is 5.81. The molecular formula is C20H12F6N2O3S2. The Labute approximate surface area is 190 Å². The maximum atomic E-state index is 13.2. The Morgan fingerprint density at radius 1 is 1.06 bits per heavy atom. The van der Waals surface area contributed by atoms with Gasteiger partial charge < -0.3 is 10.0 Å². The van der Waals surface area contributed by atoms with E-state index in [-0.39, 0.29) is 21.8 Å². The highest BCUT2D eigenvalue weighted by Gasteiger charge is 2.43. The Bertz CT molecular complexity index is 1200. The number of thiazole rings is 1. The van der Waals surface area contributed by atoms with Crippen molar-refractivity contribution in [3.8, 4) is 0 Å². The van der Waals surface area contributed by atoms with Crippen LogP contribution in [0.3, 0.4) is 0 Å². The fourth-order valence-electron chi connectivity index (χ4n) is 3.42. The third-order valence-electron chi connectivity index (χ3n) is 4.80. The number of thioether (sulfide) groups is 1. The Morgan fingerprint density at radius 2 is 1.70 bits per heavy atom. The van der Waals surface area contributed by atoms with Gasteiger partial charge in [-0.15, -0.1) is 23.1 Å². The Balaban J connectivity index is 1.75. The number of hydrogen-bond donors (Lipinski definition) is 1. The van der Waals surface area contributed by atoms with Gasteiger partial charge in [-0.25, -0.2) is 4.98 Å². The summed E-state index contributed by atoms with van der Waals surface area (Å²) < 4.78 is 79.2. The number of fused-ring (bicyclic) bond motifs is 2. The number of anilines is 1. The van der Waals surface area contributed by atoms with Gasteiger partial charge in [-0.2, -0.15) is 26.3 Å². The van der Waals surface area contributed by atoms with Crippen LogP contribution >= 0.6 is 23.1 Å². The number of nitrogens with zero attached hydrogens (tertiary/aromatic N) is 2. The molecule has 1 unspecified atom stereocenters. The number of hydrogen-bond acceptors (Lipinski definition) is 5. The molecule has 1 aliphatic rings. The van der Waals surface area contributed by atoms with Crippen LogP contribution in [0, 0.1) is 0 Å². The molecule has 1 atom stereocenters. The molecule has 2 aromatic carbocycles. The lowest BCUT2D eigenvalue weighted by Gasteiger charge is -2.32. The minimum absolute atomic E-state index is 0.112. The second kappa shape index (κ2) is 8.20. The van der Waals surface area contributed by atoms with Crippen molar-refractivity contribution in [2.45, 2.75) is 35.5 Å². The van der Waals surface area contributed by atoms with Crippen LogP contribution in [0.1, 0.15) is 22.6 Å². The van der Waals surface area contributed by atoms with Crippen molar-refractivity contribution >= 4 is 50.9 Å². The molecule has 0 spiro atoms. The third kappa shape index (κ3) is 4.64. The van der Waals surface area contributed by atoms with E-state index >= 15 is 0 Å². The molecular weight excluding hydrogens is 494 g/mol. The lowest BCUT2D eigenvalue weighted by molar-refractivity contribution is -0.161. The van der Waals surface area contributed by atoms with Gasteiger partial charge in [0.1, 0.15) is 5.01 Å². The zero-order valence-electron chi connectivity index (χ0n) is 16.2. The van der Waals surface area contributed by atoms with Crippen LogP contribution < -0.4 is 4.90 Å². The van der Waals surface area contributed by atoms with E-state index < -0.39 is 47.0 Å². The normalized spacial score (nSPS) is 16.8. The van der Waals surface area contributed by atoms with Crippen molar-refractivity contribution in [2.24, 2.45) is 0 Å². The fraction of sp³-hybridized carbons (Fsp3) is 0.250. The molecule has 33 heavy (non-hydrogen) atoms. The molecule has 0 saturated carbocycles. The number of amides is 1. The van der Waals surface area contributed by atoms with Crippen molar-refractivity contribution in [1.29, 1.82) is 0 Å². The predicted molar refractivity (Wildman–Crippen MR) is 109 cm³/mol. The van der Waals surface area contributed by atoms with E-state index in [4.69, 9.17) is 5.11 Å². The molecule has 1 aliphatic heterocycles. The summed E-state index contributed by atoms with van der Waals surface area (Å²) in [6, 6.07) is 7.43. The SMILES string of the molecule is O=C(O)CC1Sc2ccccc2N(Cc2nc3cc(C(F)(F)F)c(C(F)(F)F)cc3s2)C1=O. The van der Waals surface area contributed by atoms with Crippen LogP contribution in [-0.2, 0) is 28.5 Å². The molecule has 0 fully saturated rings. The maximum absolute atomic E-state index is 13.2. The van der Waals surface area contributed by atoms with Gasteiger partial charge in [-0.1, -0.05) is 12.1 Å². The summed E-state index contributed by atoms with van der Waals surface area (Å²) in [5.74, 6) is -1.72. The highest BCUT2D eigenvalue weighted by molar-refractivity contribution is 8.01. The molecule has 0 radical (unpaired) electrons. The van der Waals surface area contributed by atoms with Gasteiger partial charge in [-0.3, -0.25) is 9.59 Å². The Morgan fingerprint density at radius 3 is 2.33 bits per heavy atom. The minimum atomic E-state index is -5.23. The van der Waals surface area contributed by atoms with Crippen LogP contribution in [0.2, 0.25) is 0 Å². The van der Waals surface area contributed by atoms with Gasteiger partial charge in [0.15, 0.2) is 0 Å². The van der Waals surface area contributed by atoms with E-state index in [9.17, 15) is 35.9 Å². The van der Waals surface area contributed by atoms with Crippen LogP contribution in [-0.4, -0.2) is 27.2 Å². The number of carboxylic acids is 1. The standard InChI is InChI=1S/C20H12F6N2O3S2/c21-19(22,23)9-5-11-14(6-10(9)20(24,25)26)33-16(27-11)8-28-12-3-1-2-4-13(12)32-15(18(28)31)7-17(29)30/h1-6,15H,7-8H2,(H,29,30). The molecule has 13 heteroatoms. The largest absolute Gasteiger partial charge is 0.481 e. The van der Waals surface area contributed by atoms with Crippen LogP contribution in [0.4, 0.5) is 32.0 Å². The number of para-hydroxylation sites is 1. The van der Waals surface area contributed by atoms with E-state index in [0.29, 0.717) is 22.7 Å². The van der Waals surface area contributed by atoms with Crippen LogP contribution in [0.5, 0.6) is 0 Å². The summed E-state index contributed by atoms with van der Waals surface area (Å²) in [6.45, 7) is -0.228. The average molecular weight is 506 g/mol. The first-order chi connectivity index (χ1) is 15.3. The highest BCUT2D eigenvalue weighted by Crippen LogP contribution is 2.44. The topological polar surface area (TPSA) is 70.5 Å². The van der Waals surface area contributed by atoms with Crippen LogP contribution in [0.15, 0.2) is 41.3 Å². The number of rotatable bonds is 4. The molecule has 0 bridgehead atoms. The van der Waals surface area contributed by atoms with Crippen molar-refractivity contribution in [1.82, 2.24) is 4.98 Å². The lowest BCUT2D eigenvalue weighted by Crippen LogP contribution is -2.41. The molecule has 5 nitrogen and oxygen atoms in total. The molecule has 2 heterocycles. The third-order valence-corrected chi connectivity index (χ3v) is 7.06. The zero-order valence-corrected chi connectivity index (χ0v) is 17.8. The van der Waals surface area contributed by atoms with Gasteiger partial charge in [0.05, 0.1) is 45.2 Å². The Hall–Kier alpha value is -2.80. The summed E-state index contributed by atoms with van der Waals surface area (Å²) in [6.07, 6.45) is -10.9. The van der Waals surface area contributed by atoms with Crippen molar-refractivity contribution in [3.63, 3.8) is 0 Å². The molecule has 1 amide bonds. The fourth-order valence-corrected chi connectivity index (χ4v) is 5.61. The number of halogens is 6. The average Bonchev–Trinajstić information content (AvgIpc) is 3.10. The van der Waals surface area contributed by atoms with Crippen LogP contribution in [0.25, 0.3) is 10.2 Å². The van der Waals surface area contributed by atoms with Crippen molar-refractivity contribution in [2.75, 3.05) is 4.90 Å². The first kappa shape index (κ1) is 23.4. The summed E-state index contributed by atoms with van der Waals surface area (Å²) in [5, 5.41) is 8.29. The molecule has 174 valence electrons. The number of aromatic nitrogens is 1. The molecule has 0 aliphatic carbocycles. The number of carbonyl (C=O) groups is 2. The minimum Gasteiger partial charge on any atom is -0.481 e. The number of alkyl halides is 6. The molecule has 0 saturated heterocycles. The molecule has 1 N–H and O–H groups in total. The van der Waals surface area contributed by atoms with Gasteiger partial charge in [-0.05, 0) is 24.3 Å². The number of aliphatic carboxylic acids is 1. The van der Waals surface area contributed by atoms with E-state index in [1.807, 2.05) is 0 Å². The van der Waals surface area contributed by atoms with Gasteiger partial charge in [0, 0.05) is 4.90 Å². The molecule has 3 aromatic rings. The second-order valence-electron chi connectivity index (χ2n) is 7.07. The second-order valence-corrected chi connectivity index (χ2v) is 9.42. The van der Waals surface area contributed by atoms with Gasteiger partial charge in [0.25, 0.3) is 0 Å². The predicted octanol–water partition coefficient (Wildman–Crippen LogP) is 5.82. The summed E-state index contributed by atoms with van der Waals surface area (Å²) in [5.41, 5.74) is -3.46. The highest BCUT2D eigenvalue weighted by atomic mass is 32.2. The molecule has 1 aromatic heterocycles. The summed E-state index contributed by atoms with van der Waals surface area (Å²) in [4.78, 5) is 30.0. The zero-order chi connectivity index (χ0) is 24.1. The van der Waals surface area contributed by atoms with E-state index in [2.05, 4.69) is 4.98 Å².